The molecular formula is C25H41N5O2. The first kappa shape index (κ1) is 24.5. The Bertz CT molecular complexity index is 751. The number of aromatic nitrogens is 1. The summed E-state index contributed by atoms with van der Waals surface area (Å²) in [5.74, 6) is 2.07. The van der Waals surface area contributed by atoms with Crippen LogP contribution in [-0.4, -0.2) is 28.9 Å². The number of pyridine rings is 1. The van der Waals surface area contributed by atoms with E-state index in [1.165, 1.54) is 38.5 Å². The van der Waals surface area contributed by atoms with Crippen molar-refractivity contribution < 1.29 is 9.59 Å². The minimum Gasteiger partial charge on any atom is -0.384 e. The van der Waals surface area contributed by atoms with Crippen LogP contribution in [0.1, 0.15) is 77.2 Å². The van der Waals surface area contributed by atoms with Crippen LogP contribution >= 0.6 is 0 Å². The van der Waals surface area contributed by atoms with Crippen LogP contribution < -0.4 is 22.1 Å². The van der Waals surface area contributed by atoms with E-state index in [2.05, 4.69) is 15.6 Å². The summed E-state index contributed by atoms with van der Waals surface area (Å²) in [5, 5.41) is 6.00. The van der Waals surface area contributed by atoms with Gasteiger partial charge >= 0.3 is 0 Å². The van der Waals surface area contributed by atoms with Crippen LogP contribution in [0.3, 0.4) is 0 Å². The maximum Gasteiger partial charge on any atom is 0.242 e. The standard InChI is InChI=1S/C25H41N5O2/c1-3-16(2)23(27)25(32)30-21(24(31)29-15-17-11-12-22(26)28-14-17)13-19-9-6-8-18-7-4-5-10-20(18)19/h11-12,14,16,18-21,23H,3-10,13,15,27H2,1-2H3,(H2,26,28)(H,29,31)(H,30,32)/t16?,18?,19?,20?,21-,23+/m0/s1. The highest BCUT2D eigenvalue weighted by molar-refractivity contribution is 5.89. The molecule has 1 heterocycles. The molecule has 7 nitrogen and oxygen atoms in total. The first-order valence-electron chi connectivity index (χ1n) is 12.4. The van der Waals surface area contributed by atoms with E-state index in [9.17, 15) is 9.59 Å². The van der Waals surface area contributed by atoms with Crippen molar-refractivity contribution in [3.63, 3.8) is 0 Å². The third-order valence-electron chi connectivity index (χ3n) is 7.77. The van der Waals surface area contributed by atoms with E-state index in [-0.39, 0.29) is 17.7 Å². The summed E-state index contributed by atoms with van der Waals surface area (Å²) in [4.78, 5) is 30.1. The Morgan fingerprint density at radius 2 is 1.88 bits per heavy atom. The highest BCUT2D eigenvalue weighted by Crippen LogP contribution is 2.45. The van der Waals surface area contributed by atoms with E-state index in [1.54, 1.807) is 12.3 Å². The average Bonchev–Trinajstić information content (AvgIpc) is 2.82. The summed E-state index contributed by atoms with van der Waals surface area (Å²) in [5.41, 5.74) is 12.7. The molecule has 2 aliphatic carbocycles. The first-order valence-corrected chi connectivity index (χ1v) is 12.4. The number of rotatable bonds is 9. The molecule has 0 saturated heterocycles. The molecule has 32 heavy (non-hydrogen) atoms. The Morgan fingerprint density at radius 1 is 1.12 bits per heavy atom. The Morgan fingerprint density at radius 3 is 2.59 bits per heavy atom. The highest BCUT2D eigenvalue weighted by Gasteiger charge is 2.37. The molecule has 0 aromatic carbocycles. The van der Waals surface area contributed by atoms with E-state index >= 15 is 0 Å². The molecule has 1 aromatic rings. The van der Waals surface area contributed by atoms with Crippen molar-refractivity contribution in [3.05, 3.63) is 23.9 Å². The second-order valence-electron chi connectivity index (χ2n) is 9.92. The van der Waals surface area contributed by atoms with Gasteiger partial charge in [-0.2, -0.15) is 0 Å². The van der Waals surface area contributed by atoms with E-state index in [4.69, 9.17) is 11.5 Å². The third kappa shape index (κ3) is 6.44. The van der Waals surface area contributed by atoms with E-state index < -0.39 is 12.1 Å². The Kier molecular flexibility index (Phi) is 8.91. The number of nitrogens with zero attached hydrogens (tertiary/aromatic N) is 1. The van der Waals surface area contributed by atoms with Crippen LogP contribution in [0.4, 0.5) is 5.82 Å². The van der Waals surface area contributed by atoms with Gasteiger partial charge in [0.25, 0.3) is 0 Å². The molecule has 2 fully saturated rings. The fourth-order valence-corrected chi connectivity index (χ4v) is 5.53. The van der Waals surface area contributed by atoms with Crippen molar-refractivity contribution in [2.24, 2.45) is 29.4 Å². The number of fused-ring (bicyclic) bond motifs is 1. The summed E-state index contributed by atoms with van der Waals surface area (Å²) in [7, 11) is 0. The van der Waals surface area contributed by atoms with Gasteiger partial charge in [-0.15, -0.1) is 0 Å². The smallest absolute Gasteiger partial charge is 0.242 e. The molecule has 0 bridgehead atoms. The predicted octanol–water partition coefficient (Wildman–Crippen LogP) is 3.13. The van der Waals surface area contributed by atoms with Crippen LogP contribution in [0.5, 0.6) is 0 Å². The molecule has 2 aliphatic rings. The molecule has 0 aliphatic heterocycles. The van der Waals surface area contributed by atoms with Crippen molar-refractivity contribution >= 4 is 17.6 Å². The van der Waals surface area contributed by atoms with Crippen molar-refractivity contribution in [2.45, 2.75) is 90.3 Å². The van der Waals surface area contributed by atoms with E-state index in [0.717, 1.165) is 24.3 Å². The molecule has 6 N–H and O–H groups in total. The fourth-order valence-electron chi connectivity index (χ4n) is 5.53. The van der Waals surface area contributed by atoms with Gasteiger partial charge in [0.15, 0.2) is 0 Å². The molecule has 178 valence electrons. The molecular weight excluding hydrogens is 402 g/mol. The van der Waals surface area contributed by atoms with Gasteiger partial charge in [-0.05, 0) is 48.1 Å². The summed E-state index contributed by atoms with van der Waals surface area (Å²) in [6.07, 6.45) is 12.0. The summed E-state index contributed by atoms with van der Waals surface area (Å²) >= 11 is 0. The fraction of sp³-hybridized carbons (Fsp3) is 0.720. The zero-order chi connectivity index (χ0) is 23.1. The first-order chi connectivity index (χ1) is 15.4. The predicted molar refractivity (Wildman–Crippen MR) is 127 cm³/mol. The van der Waals surface area contributed by atoms with E-state index in [1.807, 2.05) is 19.9 Å². The van der Waals surface area contributed by atoms with Crippen molar-refractivity contribution in [2.75, 3.05) is 5.73 Å². The lowest BCUT2D eigenvalue weighted by Crippen LogP contribution is -2.54. The Balaban J connectivity index is 1.68. The molecule has 2 saturated carbocycles. The third-order valence-corrected chi connectivity index (χ3v) is 7.77. The lowest BCUT2D eigenvalue weighted by atomic mass is 9.64. The summed E-state index contributed by atoms with van der Waals surface area (Å²) in [6.45, 7) is 4.35. The Labute approximate surface area is 192 Å². The number of amides is 2. The number of nitrogens with one attached hydrogen (secondary N) is 2. The average molecular weight is 444 g/mol. The molecule has 0 spiro atoms. The van der Waals surface area contributed by atoms with Crippen LogP contribution in [-0.2, 0) is 16.1 Å². The molecule has 3 rings (SSSR count). The number of hydrogen-bond donors (Lipinski definition) is 4. The minimum atomic E-state index is -0.606. The van der Waals surface area contributed by atoms with Gasteiger partial charge in [0, 0.05) is 12.7 Å². The lowest BCUT2D eigenvalue weighted by Gasteiger charge is -2.42. The highest BCUT2D eigenvalue weighted by atomic mass is 16.2. The normalized spacial score (nSPS) is 25.8. The monoisotopic (exact) mass is 443 g/mol. The van der Waals surface area contributed by atoms with Crippen molar-refractivity contribution in [3.8, 4) is 0 Å². The Hall–Kier alpha value is -2.15. The minimum absolute atomic E-state index is 0.0666. The van der Waals surface area contributed by atoms with Crippen LogP contribution in [0, 0.1) is 23.7 Å². The number of carbonyl (C=O) groups is 2. The summed E-state index contributed by atoms with van der Waals surface area (Å²) in [6, 6.07) is 2.40. The zero-order valence-corrected chi connectivity index (χ0v) is 19.7. The number of anilines is 1. The van der Waals surface area contributed by atoms with E-state index in [0.29, 0.717) is 30.6 Å². The maximum absolute atomic E-state index is 13.2. The molecule has 1 aromatic heterocycles. The molecule has 0 radical (unpaired) electrons. The van der Waals surface area contributed by atoms with Crippen molar-refractivity contribution in [1.82, 2.24) is 15.6 Å². The number of carbonyl (C=O) groups excluding carboxylic acids is 2. The zero-order valence-electron chi connectivity index (χ0n) is 19.7. The van der Waals surface area contributed by atoms with Gasteiger partial charge in [-0.1, -0.05) is 64.9 Å². The van der Waals surface area contributed by atoms with Gasteiger partial charge in [-0.25, -0.2) is 4.98 Å². The number of nitrogens with two attached hydrogens (primary N) is 2. The largest absolute Gasteiger partial charge is 0.384 e. The van der Waals surface area contributed by atoms with Gasteiger partial charge in [0.1, 0.15) is 11.9 Å². The molecule has 7 heteroatoms. The number of hydrogen-bond acceptors (Lipinski definition) is 5. The summed E-state index contributed by atoms with van der Waals surface area (Å²) < 4.78 is 0. The molecule has 2 amide bonds. The van der Waals surface area contributed by atoms with Crippen molar-refractivity contribution in [1.29, 1.82) is 0 Å². The van der Waals surface area contributed by atoms with Gasteiger partial charge in [0.2, 0.25) is 11.8 Å². The second-order valence-corrected chi connectivity index (χ2v) is 9.92. The molecule has 6 atom stereocenters. The quantitative estimate of drug-likeness (QED) is 0.467. The topological polar surface area (TPSA) is 123 Å². The van der Waals surface area contributed by atoms with Crippen LogP contribution in [0.25, 0.3) is 0 Å². The lowest BCUT2D eigenvalue weighted by molar-refractivity contribution is -0.131. The van der Waals surface area contributed by atoms with Gasteiger partial charge in [0.05, 0.1) is 6.04 Å². The van der Waals surface area contributed by atoms with Crippen LogP contribution in [0.15, 0.2) is 18.3 Å². The molecule has 4 unspecified atom stereocenters. The maximum atomic E-state index is 13.2. The second kappa shape index (κ2) is 11.6. The SMILES string of the molecule is CCC(C)[C@@H](N)C(=O)N[C@@H](CC1CCCC2CCCCC21)C(=O)NCc1ccc(N)nc1. The number of nitrogen functional groups attached to an aromatic ring is 1. The van der Waals surface area contributed by atoms with Crippen LogP contribution in [0.2, 0.25) is 0 Å². The van der Waals surface area contributed by atoms with Gasteiger partial charge in [-0.3, -0.25) is 9.59 Å². The van der Waals surface area contributed by atoms with Gasteiger partial charge < -0.3 is 22.1 Å².